The molecule has 0 atom stereocenters. The Bertz CT molecular complexity index is 984. The summed E-state index contributed by atoms with van der Waals surface area (Å²) >= 11 is 6.62. The van der Waals surface area contributed by atoms with Crippen LogP contribution < -0.4 is 0 Å². The molecular weight excluding hydrogens is 328 g/mol. The molecule has 0 aliphatic carbocycles. The molecule has 120 valence electrons. The van der Waals surface area contributed by atoms with E-state index < -0.39 is 0 Å². The summed E-state index contributed by atoms with van der Waals surface area (Å²) < 4.78 is 0. The molecule has 0 spiro atoms. The van der Waals surface area contributed by atoms with Gasteiger partial charge in [-0.25, -0.2) is 9.97 Å². The van der Waals surface area contributed by atoms with Gasteiger partial charge < -0.3 is 0 Å². The fourth-order valence-corrected chi connectivity index (χ4v) is 3.09. The average Bonchev–Trinajstić information content (AvgIpc) is 2.69. The van der Waals surface area contributed by atoms with E-state index >= 15 is 0 Å². The maximum atomic E-state index is 6.62. The summed E-state index contributed by atoms with van der Waals surface area (Å²) in [4.78, 5) is 9.42. The molecule has 1 heterocycles. The zero-order valence-corrected chi connectivity index (χ0v) is 14.2. The highest BCUT2D eigenvalue weighted by atomic mass is 35.5. The minimum absolute atomic E-state index is 0.457. The van der Waals surface area contributed by atoms with Gasteiger partial charge >= 0.3 is 0 Å². The first-order chi connectivity index (χ1) is 12.3. The van der Waals surface area contributed by atoms with Gasteiger partial charge in [-0.3, -0.25) is 0 Å². The first kappa shape index (κ1) is 15.6. The molecule has 2 nitrogen and oxygen atoms in total. The van der Waals surface area contributed by atoms with Gasteiger partial charge in [-0.1, -0.05) is 103 Å². The van der Waals surface area contributed by atoms with Crippen LogP contribution in [0.3, 0.4) is 0 Å². The molecule has 4 aromatic rings. The molecule has 0 N–H and O–H groups in total. The van der Waals surface area contributed by atoms with E-state index in [1.54, 1.807) is 0 Å². The summed E-state index contributed by atoms with van der Waals surface area (Å²) in [5.74, 6) is 0.629. The predicted octanol–water partition coefficient (Wildman–Crippen LogP) is 6.13. The van der Waals surface area contributed by atoms with Crippen LogP contribution in [0.4, 0.5) is 0 Å². The van der Waals surface area contributed by atoms with E-state index in [0.717, 1.165) is 27.9 Å². The maximum absolute atomic E-state index is 6.62. The first-order valence-electron chi connectivity index (χ1n) is 8.07. The van der Waals surface area contributed by atoms with Crippen molar-refractivity contribution in [2.75, 3.05) is 0 Å². The third-order valence-corrected chi connectivity index (χ3v) is 4.28. The van der Waals surface area contributed by atoms with Crippen LogP contribution in [0.25, 0.3) is 33.8 Å². The summed E-state index contributed by atoms with van der Waals surface area (Å²) in [6.07, 6.45) is 0. The monoisotopic (exact) mass is 342 g/mol. The number of hydrogen-bond acceptors (Lipinski definition) is 2. The Morgan fingerprint density at radius 3 is 1.56 bits per heavy atom. The number of hydrogen-bond donors (Lipinski definition) is 0. The lowest BCUT2D eigenvalue weighted by Gasteiger charge is -2.13. The Morgan fingerprint density at radius 1 is 0.520 bits per heavy atom. The SMILES string of the molecule is Clc1nc(-c2ccccc2)nc(-c2ccccc2)c1-c1ccccc1. The maximum Gasteiger partial charge on any atom is 0.161 e. The molecule has 0 fully saturated rings. The smallest absolute Gasteiger partial charge is 0.161 e. The minimum atomic E-state index is 0.457. The Kier molecular flexibility index (Phi) is 4.28. The number of rotatable bonds is 3. The van der Waals surface area contributed by atoms with Gasteiger partial charge in [0.15, 0.2) is 5.82 Å². The van der Waals surface area contributed by atoms with Crippen LogP contribution in [0.5, 0.6) is 0 Å². The second kappa shape index (κ2) is 6.88. The standard InChI is InChI=1S/C22H15ClN2/c23-21-19(16-10-4-1-5-11-16)20(17-12-6-2-7-13-17)24-22(25-21)18-14-8-3-9-15-18/h1-15H. The first-order valence-corrected chi connectivity index (χ1v) is 8.44. The highest BCUT2D eigenvalue weighted by Gasteiger charge is 2.17. The highest BCUT2D eigenvalue weighted by Crippen LogP contribution is 2.36. The van der Waals surface area contributed by atoms with E-state index in [0.29, 0.717) is 11.0 Å². The Hall–Kier alpha value is -2.97. The normalized spacial score (nSPS) is 10.6. The molecule has 1 aromatic heterocycles. The zero-order valence-electron chi connectivity index (χ0n) is 13.4. The molecule has 4 rings (SSSR count). The van der Waals surface area contributed by atoms with E-state index in [2.05, 4.69) is 4.98 Å². The van der Waals surface area contributed by atoms with Gasteiger partial charge in [0.25, 0.3) is 0 Å². The summed E-state index contributed by atoms with van der Waals surface area (Å²) in [6, 6.07) is 30.0. The summed E-state index contributed by atoms with van der Waals surface area (Å²) in [5.41, 5.74) is 4.66. The molecule has 0 bridgehead atoms. The number of nitrogens with zero attached hydrogens (tertiary/aromatic N) is 2. The molecule has 3 aromatic carbocycles. The second-order valence-electron chi connectivity index (χ2n) is 5.66. The fourth-order valence-electron chi connectivity index (χ4n) is 2.82. The van der Waals surface area contributed by atoms with Crippen LogP contribution in [0.2, 0.25) is 5.15 Å². The Morgan fingerprint density at radius 2 is 1.00 bits per heavy atom. The Balaban J connectivity index is 1.99. The molecule has 0 unspecified atom stereocenters. The highest BCUT2D eigenvalue weighted by molar-refractivity contribution is 6.32. The van der Waals surface area contributed by atoms with Crippen molar-refractivity contribution < 1.29 is 0 Å². The van der Waals surface area contributed by atoms with Crippen molar-refractivity contribution in [3.05, 3.63) is 96.1 Å². The summed E-state index contributed by atoms with van der Waals surface area (Å²) in [6.45, 7) is 0. The quantitative estimate of drug-likeness (QED) is 0.418. The van der Waals surface area contributed by atoms with Crippen molar-refractivity contribution in [3.8, 4) is 33.8 Å². The molecule has 25 heavy (non-hydrogen) atoms. The van der Waals surface area contributed by atoms with Crippen molar-refractivity contribution in [2.45, 2.75) is 0 Å². The molecular formula is C22H15ClN2. The van der Waals surface area contributed by atoms with Gasteiger partial charge in [0.1, 0.15) is 5.15 Å². The van der Waals surface area contributed by atoms with Gasteiger partial charge in [-0.05, 0) is 5.56 Å². The molecule has 0 amide bonds. The molecule has 0 saturated carbocycles. The van der Waals surface area contributed by atoms with Gasteiger partial charge in [-0.2, -0.15) is 0 Å². The summed E-state index contributed by atoms with van der Waals surface area (Å²) in [7, 11) is 0. The van der Waals surface area contributed by atoms with Gasteiger partial charge in [0.2, 0.25) is 0 Å². The van der Waals surface area contributed by atoms with Crippen molar-refractivity contribution in [2.24, 2.45) is 0 Å². The van der Waals surface area contributed by atoms with Crippen LogP contribution >= 0.6 is 11.6 Å². The van der Waals surface area contributed by atoms with Crippen molar-refractivity contribution in [3.63, 3.8) is 0 Å². The van der Waals surface area contributed by atoms with E-state index in [-0.39, 0.29) is 0 Å². The topological polar surface area (TPSA) is 25.8 Å². The summed E-state index contributed by atoms with van der Waals surface area (Å²) in [5, 5.41) is 0.457. The van der Waals surface area contributed by atoms with Crippen LogP contribution in [-0.2, 0) is 0 Å². The number of benzene rings is 3. The van der Waals surface area contributed by atoms with Crippen molar-refractivity contribution in [1.82, 2.24) is 9.97 Å². The van der Waals surface area contributed by atoms with Crippen LogP contribution in [-0.4, -0.2) is 9.97 Å². The van der Waals surface area contributed by atoms with Gasteiger partial charge in [0, 0.05) is 16.7 Å². The molecule has 3 heteroatoms. The second-order valence-corrected chi connectivity index (χ2v) is 6.02. The third-order valence-electron chi connectivity index (χ3n) is 4.01. The predicted molar refractivity (Wildman–Crippen MR) is 103 cm³/mol. The van der Waals surface area contributed by atoms with Crippen LogP contribution in [0, 0.1) is 0 Å². The van der Waals surface area contributed by atoms with Crippen molar-refractivity contribution in [1.29, 1.82) is 0 Å². The lowest BCUT2D eigenvalue weighted by Crippen LogP contribution is -1.97. The fraction of sp³-hybridized carbons (Fsp3) is 0. The third kappa shape index (κ3) is 3.17. The Labute approximate surface area is 151 Å². The van der Waals surface area contributed by atoms with E-state index in [1.165, 1.54) is 0 Å². The van der Waals surface area contributed by atoms with E-state index in [1.807, 2.05) is 91.0 Å². The van der Waals surface area contributed by atoms with E-state index in [9.17, 15) is 0 Å². The molecule has 0 radical (unpaired) electrons. The van der Waals surface area contributed by atoms with Gasteiger partial charge in [0.05, 0.1) is 5.69 Å². The minimum Gasteiger partial charge on any atom is -0.227 e. The number of halogens is 1. The lowest BCUT2D eigenvalue weighted by molar-refractivity contribution is 1.18. The van der Waals surface area contributed by atoms with Gasteiger partial charge in [-0.15, -0.1) is 0 Å². The van der Waals surface area contributed by atoms with Crippen LogP contribution in [0.1, 0.15) is 0 Å². The lowest BCUT2D eigenvalue weighted by atomic mass is 10.0. The average molecular weight is 343 g/mol. The zero-order chi connectivity index (χ0) is 17.1. The van der Waals surface area contributed by atoms with Crippen molar-refractivity contribution >= 4 is 11.6 Å². The molecule has 0 aliphatic rings. The molecule has 0 aliphatic heterocycles. The van der Waals surface area contributed by atoms with E-state index in [4.69, 9.17) is 16.6 Å². The van der Waals surface area contributed by atoms with Crippen LogP contribution in [0.15, 0.2) is 91.0 Å². The molecule has 0 saturated heterocycles. The largest absolute Gasteiger partial charge is 0.227 e. The number of aromatic nitrogens is 2.